The molecule has 0 spiro atoms. The summed E-state index contributed by atoms with van der Waals surface area (Å²) in [4.78, 5) is 25.7. The third kappa shape index (κ3) is 4.11. The summed E-state index contributed by atoms with van der Waals surface area (Å²) in [7, 11) is 0. The van der Waals surface area contributed by atoms with Gasteiger partial charge in [0.15, 0.2) is 5.69 Å². The number of para-hydroxylation sites is 1. The van der Waals surface area contributed by atoms with Gasteiger partial charge >= 0.3 is 5.63 Å². The quantitative estimate of drug-likeness (QED) is 0.547. The molecule has 4 rings (SSSR count). The van der Waals surface area contributed by atoms with Gasteiger partial charge in [-0.05, 0) is 48.1 Å². The summed E-state index contributed by atoms with van der Waals surface area (Å²) in [6.07, 6.45) is 4.43. The minimum atomic E-state index is -0.547. The second-order valence-electron chi connectivity index (χ2n) is 9.04. The van der Waals surface area contributed by atoms with Crippen molar-refractivity contribution in [3.05, 3.63) is 70.1 Å². The van der Waals surface area contributed by atoms with E-state index < -0.39 is 5.63 Å². The van der Waals surface area contributed by atoms with Gasteiger partial charge in [0.2, 0.25) is 0 Å². The van der Waals surface area contributed by atoms with Crippen LogP contribution in [0, 0.1) is 0 Å². The van der Waals surface area contributed by atoms with Crippen molar-refractivity contribution < 1.29 is 9.21 Å². The maximum atomic E-state index is 12.9. The molecule has 1 fully saturated rings. The van der Waals surface area contributed by atoms with Crippen LogP contribution in [-0.2, 0) is 5.41 Å². The van der Waals surface area contributed by atoms with Crippen LogP contribution in [0.15, 0.2) is 57.7 Å². The number of carbonyl (C=O) groups excluding carboxylic acids is 1. The zero-order chi connectivity index (χ0) is 21.3. The Morgan fingerprint density at radius 1 is 0.967 bits per heavy atom. The molecule has 5 nitrogen and oxygen atoms in total. The highest BCUT2D eigenvalue weighted by Gasteiger charge is 2.22. The Morgan fingerprint density at radius 3 is 2.30 bits per heavy atom. The smallest absolute Gasteiger partial charge is 0.362 e. The molecule has 0 aliphatic heterocycles. The average molecular weight is 405 g/mol. The van der Waals surface area contributed by atoms with E-state index in [1.54, 1.807) is 18.2 Å². The van der Waals surface area contributed by atoms with E-state index >= 15 is 0 Å². The maximum Gasteiger partial charge on any atom is 0.362 e. The number of benzene rings is 2. The first-order chi connectivity index (χ1) is 14.3. The summed E-state index contributed by atoms with van der Waals surface area (Å²) < 4.78 is 5.49. The van der Waals surface area contributed by atoms with E-state index in [-0.39, 0.29) is 23.1 Å². The molecule has 0 radical (unpaired) electrons. The highest BCUT2D eigenvalue weighted by atomic mass is 16.4. The lowest BCUT2D eigenvalue weighted by Crippen LogP contribution is -2.23. The van der Waals surface area contributed by atoms with Gasteiger partial charge in [0.05, 0.1) is 5.69 Å². The van der Waals surface area contributed by atoms with Crippen LogP contribution in [0.25, 0.3) is 11.0 Å². The second kappa shape index (κ2) is 7.98. The van der Waals surface area contributed by atoms with Crippen molar-refractivity contribution in [3.8, 4) is 0 Å². The number of hydrogen-bond donors (Lipinski definition) is 2. The Hall–Kier alpha value is -3.08. The van der Waals surface area contributed by atoms with Crippen molar-refractivity contribution in [2.75, 3.05) is 10.6 Å². The molecular formula is C25H28N2O3. The fourth-order valence-electron chi connectivity index (χ4n) is 3.99. The third-order valence-electron chi connectivity index (χ3n) is 5.77. The molecule has 0 bridgehead atoms. The predicted molar refractivity (Wildman–Crippen MR) is 121 cm³/mol. The normalized spacial score (nSPS) is 14.8. The molecule has 2 N–H and O–H groups in total. The molecule has 3 aromatic rings. The molecule has 1 saturated carbocycles. The molecular weight excluding hydrogens is 376 g/mol. The first kappa shape index (κ1) is 20.2. The summed E-state index contributed by atoms with van der Waals surface area (Å²) in [5.74, 6) is -0.326. The Labute approximate surface area is 176 Å². The lowest BCUT2D eigenvalue weighted by atomic mass is 9.87. The number of nitrogens with one attached hydrogen (secondary N) is 2. The van der Waals surface area contributed by atoms with Gasteiger partial charge in [-0.1, -0.05) is 57.9 Å². The van der Waals surface area contributed by atoms with E-state index in [1.165, 1.54) is 12.8 Å². The molecule has 2 aromatic carbocycles. The molecule has 5 heteroatoms. The molecule has 0 saturated heterocycles. The van der Waals surface area contributed by atoms with Gasteiger partial charge < -0.3 is 15.1 Å². The van der Waals surface area contributed by atoms with Crippen LogP contribution in [0.5, 0.6) is 0 Å². The largest absolute Gasteiger partial charge is 0.421 e. The topological polar surface area (TPSA) is 71.3 Å². The molecule has 1 amide bonds. The van der Waals surface area contributed by atoms with Crippen LogP contribution < -0.4 is 16.3 Å². The fourth-order valence-corrected chi connectivity index (χ4v) is 3.99. The van der Waals surface area contributed by atoms with Crippen molar-refractivity contribution >= 4 is 28.3 Å². The van der Waals surface area contributed by atoms with Crippen LogP contribution in [-0.4, -0.2) is 11.9 Å². The number of rotatable bonds is 4. The number of carbonyl (C=O) groups is 1. The summed E-state index contributed by atoms with van der Waals surface area (Å²) >= 11 is 0. The Bertz CT molecular complexity index is 1120. The molecule has 1 heterocycles. The van der Waals surface area contributed by atoms with Crippen LogP contribution in [0.2, 0.25) is 0 Å². The second-order valence-corrected chi connectivity index (χ2v) is 9.04. The molecule has 1 aromatic heterocycles. The lowest BCUT2D eigenvalue weighted by molar-refractivity contribution is 0.102. The highest BCUT2D eigenvalue weighted by Crippen LogP contribution is 2.32. The van der Waals surface area contributed by atoms with Crippen LogP contribution in [0.3, 0.4) is 0 Å². The number of hydrogen-bond acceptors (Lipinski definition) is 4. The standard InChI is InChI=1S/C25H28N2O3/c1-25(2,3)17-14-12-16(13-15-17)23(28)27-22-21(26-18-8-4-5-9-18)19-10-6-7-11-20(19)30-24(22)29/h6-7,10-15,18,26H,4-5,8-9H2,1-3H3,(H,27,28). The molecule has 1 aliphatic carbocycles. The Kier molecular flexibility index (Phi) is 5.37. The van der Waals surface area contributed by atoms with Crippen molar-refractivity contribution in [3.63, 3.8) is 0 Å². The van der Waals surface area contributed by atoms with Crippen LogP contribution >= 0.6 is 0 Å². The minimum Gasteiger partial charge on any atom is -0.421 e. The predicted octanol–water partition coefficient (Wildman–Crippen LogP) is 5.70. The minimum absolute atomic E-state index is 0.00674. The number of amides is 1. The van der Waals surface area contributed by atoms with E-state index in [0.29, 0.717) is 16.8 Å². The van der Waals surface area contributed by atoms with Gasteiger partial charge in [0.1, 0.15) is 5.58 Å². The summed E-state index contributed by atoms with van der Waals surface area (Å²) in [6.45, 7) is 6.38. The zero-order valence-electron chi connectivity index (χ0n) is 17.7. The summed E-state index contributed by atoms with van der Waals surface area (Å²) in [5, 5.41) is 7.11. The third-order valence-corrected chi connectivity index (χ3v) is 5.77. The number of fused-ring (bicyclic) bond motifs is 1. The SMILES string of the molecule is CC(C)(C)c1ccc(C(=O)Nc2c(NC3CCCC3)c3ccccc3oc2=O)cc1. The van der Waals surface area contributed by atoms with Gasteiger partial charge in [-0.3, -0.25) is 4.79 Å². The van der Waals surface area contributed by atoms with E-state index in [1.807, 2.05) is 30.3 Å². The van der Waals surface area contributed by atoms with Crippen molar-refractivity contribution in [1.29, 1.82) is 0 Å². The van der Waals surface area contributed by atoms with Crippen molar-refractivity contribution in [1.82, 2.24) is 0 Å². The Morgan fingerprint density at radius 2 is 1.63 bits per heavy atom. The van der Waals surface area contributed by atoms with E-state index in [2.05, 4.69) is 31.4 Å². The van der Waals surface area contributed by atoms with Crippen molar-refractivity contribution in [2.24, 2.45) is 0 Å². The molecule has 30 heavy (non-hydrogen) atoms. The van der Waals surface area contributed by atoms with Gasteiger partial charge in [-0.25, -0.2) is 4.79 Å². The molecule has 0 atom stereocenters. The zero-order valence-corrected chi connectivity index (χ0v) is 17.7. The Balaban J connectivity index is 1.70. The van der Waals surface area contributed by atoms with E-state index in [0.717, 1.165) is 23.8 Å². The van der Waals surface area contributed by atoms with E-state index in [9.17, 15) is 9.59 Å². The highest BCUT2D eigenvalue weighted by molar-refractivity contribution is 6.08. The molecule has 1 aliphatic rings. The van der Waals surface area contributed by atoms with Gasteiger partial charge in [0.25, 0.3) is 5.91 Å². The lowest BCUT2D eigenvalue weighted by Gasteiger charge is -2.20. The summed E-state index contributed by atoms with van der Waals surface area (Å²) in [6, 6.07) is 15.2. The number of anilines is 2. The monoisotopic (exact) mass is 404 g/mol. The first-order valence-corrected chi connectivity index (χ1v) is 10.6. The van der Waals surface area contributed by atoms with Gasteiger partial charge in [-0.15, -0.1) is 0 Å². The molecule has 0 unspecified atom stereocenters. The van der Waals surface area contributed by atoms with Gasteiger partial charge in [0, 0.05) is 17.0 Å². The van der Waals surface area contributed by atoms with Crippen LogP contribution in [0.1, 0.15) is 62.4 Å². The van der Waals surface area contributed by atoms with Crippen LogP contribution in [0.4, 0.5) is 11.4 Å². The maximum absolute atomic E-state index is 12.9. The van der Waals surface area contributed by atoms with Crippen molar-refractivity contribution in [2.45, 2.75) is 57.9 Å². The molecule has 156 valence electrons. The first-order valence-electron chi connectivity index (χ1n) is 10.6. The fraction of sp³-hybridized carbons (Fsp3) is 0.360. The van der Waals surface area contributed by atoms with Gasteiger partial charge in [-0.2, -0.15) is 0 Å². The van der Waals surface area contributed by atoms with E-state index in [4.69, 9.17) is 4.42 Å². The average Bonchev–Trinajstić information content (AvgIpc) is 3.23. The summed E-state index contributed by atoms with van der Waals surface area (Å²) in [5.41, 5.74) is 2.44.